The minimum absolute atomic E-state index is 0.0685. The molecule has 32 heavy (non-hydrogen) atoms. The zero-order chi connectivity index (χ0) is 23.0. The lowest BCUT2D eigenvalue weighted by Gasteiger charge is -2.15. The third-order valence-corrected chi connectivity index (χ3v) is 4.75. The number of aromatic nitrogens is 4. The second-order valence-corrected chi connectivity index (χ2v) is 7.15. The predicted octanol–water partition coefficient (Wildman–Crippen LogP) is 3.13. The predicted molar refractivity (Wildman–Crippen MR) is 112 cm³/mol. The van der Waals surface area contributed by atoms with Crippen LogP contribution in [0.1, 0.15) is 16.1 Å². The zero-order valence-corrected chi connectivity index (χ0v) is 17.2. The van der Waals surface area contributed by atoms with Crippen molar-refractivity contribution < 1.29 is 18.0 Å². The highest BCUT2D eigenvalue weighted by Gasteiger charge is 2.41. The summed E-state index contributed by atoms with van der Waals surface area (Å²) >= 11 is 12.1. The smallest absolute Gasteiger partial charge is 0.384 e. The maximum Gasteiger partial charge on any atom is 0.434 e. The van der Waals surface area contributed by atoms with Gasteiger partial charge in [0.25, 0.3) is 5.91 Å². The number of rotatable bonds is 4. The summed E-state index contributed by atoms with van der Waals surface area (Å²) in [5.74, 6) is -0.895. The molecule has 0 fully saturated rings. The second-order valence-electron chi connectivity index (χ2n) is 6.33. The number of halogens is 5. The number of nitrogens with one attached hydrogen (secondary N) is 2. The van der Waals surface area contributed by atoms with Crippen LogP contribution in [0.25, 0.3) is 5.69 Å². The van der Waals surface area contributed by atoms with E-state index in [4.69, 9.17) is 28.9 Å². The van der Waals surface area contributed by atoms with Crippen molar-refractivity contribution in [3.63, 3.8) is 0 Å². The zero-order valence-electron chi connectivity index (χ0n) is 15.7. The molecule has 4 N–H and O–H groups in total. The first kappa shape index (κ1) is 21.8. The van der Waals surface area contributed by atoms with E-state index in [1.54, 1.807) is 6.21 Å². The molecule has 15 heteroatoms. The quantitative estimate of drug-likeness (QED) is 0.517. The summed E-state index contributed by atoms with van der Waals surface area (Å²) < 4.78 is 42.1. The molecule has 4 heterocycles. The van der Waals surface area contributed by atoms with Crippen LogP contribution >= 0.6 is 23.2 Å². The van der Waals surface area contributed by atoms with E-state index in [1.807, 2.05) is 0 Å². The van der Waals surface area contributed by atoms with Gasteiger partial charge in [-0.15, -0.1) is 0 Å². The van der Waals surface area contributed by atoms with Crippen LogP contribution < -0.4 is 21.6 Å². The first-order valence-corrected chi connectivity index (χ1v) is 9.50. The number of amides is 1. The average Bonchev–Trinajstić information content (AvgIpc) is 3.39. The van der Waals surface area contributed by atoms with E-state index in [1.165, 1.54) is 17.4 Å². The highest BCUT2D eigenvalue weighted by Crippen LogP contribution is 2.36. The van der Waals surface area contributed by atoms with Crippen molar-refractivity contribution in [3.8, 4) is 5.69 Å². The van der Waals surface area contributed by atoms with Gasteiger partial charge in [0.1, 0.15) is 5.82 Å². The molecule has 3 aromatic rings. The molecule has 0 bridgehead atoms. The van der Waals surface area contributed by atoms with Crippen molar-refractivity contribution >= 4 is 52.6 Å². The lowest BCUT2D eigenvalue weighted by Crippen LogP contribution is -2.29. The number of carbonyl (C=O) groups is 1. The molecule has 166 valence electrons. The number of nitrogen functional groups attached to an aromatic ring is 1. The van der Waals surface area contributed by atoms with Gasteiger partial charge in [-0.2, -0.15) is 28.5 Å². The lowest BCUT2D eigenvalue weighted by molar-refractivity contribution is -0.143. The number of nitrogens with two attached hydrogens (primary N) is 1. The van der Waals surface area contributed by atoms with Crippen LogP contribution in [0.4, 0.5) is 30.5 Å². The number of alkyl halides is 3. The van der Waals surface area contributed by atoms with Gasteiger partial charge in [-0.1, -0.05) is 23.2 Å². The maximum absolute atomic E-state index is 13.9. The summed E-state index contributed by atoms with van der Waals surface area (Å²) in [4.78, 5) is 20.5. The molecule has 0 aliphatic carbocycles. The van der Waals surface area contributed by atoms with E-state index >= 15 is 0 Å². The highest BCUT2D eigenvalue weighted by atomic mass is 35.5. The van der Waals surface area contributed by atoms with Crippen LogP contribution in [0, 0.1) is 0 Å². The van der Waals surface area contributed by atoms with E-state index in [-0.39, 0.29) is 33.1 Å². The Balaban J connectivity index is 1.67. The minimum atomic E-state index is -4.94. The monoisotopic (exact) mass is 485 g/mol. The number of anilines is 3. The van der Waals surface area contributed by atoms with E-state index in [0.717, 1.165) is 18.5 Å². The fourth-order valence-electron chi connectivity index (χ4n) is 2.85. The van der Waals surface area contributed by atoms with Crippen molar-refractivity contribution in [3.05, 3.63) is 52.0 Å². The summed E-state index contributed by atoms with van der Waals surface area (Å²) in [5, 5.41) is 11.3. The third kappa shape index (κ3) is 4.17. The summed E-state index contributed by atoms with van der Waals surface area (Å²) in [7, 11) is 0. The van der Waals surface area contributed by atoms with Gasteiger partial charge in [0.15, 0.2) is 11.5 Å². The SMILES string of the molecule is Nc1cc(-n2ncc(C(=O)Nc3cnc(N4N=CCN4)c(Cl)c3)c2C(F)(F)F)c(Cl)cn1. The van der Waals surface area contributed by atoms with Gasteiger partial charge in [0, 0.05) is 12.3 Å². The fraction of sp³-hybridized carbons (Fsp3) is 0.118. The summed E-state index contributed by atoms with van der Waals surface area (Å²) in [6.45, 7) is 0.480. The molecule has 3 aromatic heterocycles. The molecular formula is C17H12Cl2F3N9O. The van der Waals surface area contributed by atoms with Crippen molar-refractivity contribution in [1.29, 1.82) is 0 Å². The molecule has 0 atom stereocenters. The molecule has 0 saturated heterocycles. The number of hydrogen-bond donors (Lipinski definition) is 3. The Kier molecular flexibility index (Phi) is 5.62. The molecule has 4 rings (SSSR count). The molecule has 0 unspecified atom stereocenters. The molecule has 0 radical (unpaired) electrons. The molecule has 1 aliphatic heterocycles. The van der Waals surface area contributed by atoms with Crippen molar-refractivity contribution in [2.24, 2.45) is 5.10 Å². The Hall–Kier alpha value is -3.42. The third-order valence-electron chi connectivity index (χ3n) is 4.18. The van der Waals surface area contributed by atoms with Crippen LogP contribution in [0.5, 0.6) is 0 Å². The van der Waals surface area contributed by atoms with E-state index < -0.39 is 23.3 Å². The Morgan fingerprint density at radius 1 is 1.16 bits per heavy atom. The first-order chi connectivity index (χ1) is 15.1. The van der Waals surface area contributed by atoms with Crippen LogP contribution in [0.3, 0.4) is 0 Å². The Morgan fingerprint density at radius 3 is 2.59 bits per heavy atom. The van der Waals surface area contributed by atoms with Crippen LogP contribution in [0.2, 0.25) is 10.0 Å². The molecule has 0 saturated carbocycles. The van der Waals surface area contributed by atoms with Crippen molar-refractivity contribution in [2.75, 3.05) is 22.7 Å². The number of carbonyl (C=O) groups excluding carboxylic acids is 1. The number of hydrogen-bond acceptors (Lipinski definition) is 8. The molecular weight excluding hydrogens is 474 g/mol. The van der Waals surface area contributed by atoms with E-state index in [2.05, 4.69) is 30.9 Å². The van der Waals surface area contributed by atoms with Crippen molar-refractivity contribution in [1.82, 2.24) is 25.2 Å². The Morgan fingerprint density at radius 2 is 1.94 bits per heavy atom. The molecule has 1 amide bonds. The fourth-order valence-corrected chi connectivity index (χ4v) is 3.28. The Bertz CT molecular complexity index is 1230. The average molecular weight is 486 g/mol. The number of hydrazone groups is 1. The maximum atomic E-state index is 13.9. The topological polar surface area (TPSA) is 126 Å². The molecule has 0 spiro atoms. The van der Waals surface area contributed by atoms with Gasteiger partial charge in [0.05, 0.1) is 52.1 Å². The number of nitrogens with zero attached hydrogens (tertiary/aromatic N) is 6. The molecule has 10 nitrogen and oxygen atoms in total. The largest absolute Gasteiger partial charge is 0.434 e. The summed E-state index contributed by atoms with van der Waals surface area (Å²) in [5.41, 5.74) is 6.23. The number of hydrazine groups is 1. The lowest BCUT2D eigenvalue weighted by atomic mass is 10.2. The van der Waals surface area contributed by atoms with E-state index in [9.17, 15) is 18.0 Å². The summed E-state index contributed by atoms with van der Waals surface area (Å²) in [6.07, 6.45) is -0.261. The van der Waals surface area contributed by atoms with Gasteiger partial charge in [-0.05, 0) is 6.07 Å². The van der Waals surface area contributed by atoms with Gasteiger partial charge in [0.2, 0.25) is 0 Å². The van der Waals surface area contributed by atoms with Gasteiger partial charge in [-0.25, -0.2) is 20.1 Å². The Labute approximate surface area is 187 Å². The normalized spacial score (nSPS) is 13.6. The molecule has 1 aliphatic rings. The van der Waals surface area contributed by atoms with Crippen molar-refractivity contribution in [2.45, 2.75) is 6.18 Å². The van der Waals surface area contributed by atoms with Crippen LogP contribution in [-0.4, -0.2) is 38.4 Å². The second kappa shape index (κ2) is 8.26. The van der Waals surface area contributed by atoms with Crippen LogP contribution in [0.15, 0.2) is 35.8 Å². The summed E-state index contributed by atoms with van der Waals surface area (Å²) in [6, 6.07) is 2.44. The van der Waals surface area contributed by atoms with E-state index in [0.29, 0.717) is 11.2 Å². The van der Waals surface area contributed by atoms with Gasteiger partial charge < -0.3 is 11.1 Å². The molecule has 0 aromatic carbocycles. The first-order valence-electron chi connectivity index (χ1n) is 8.74. The van der Waals surface area contributed by atoms with Gasteiger partial charge in [-0.3, -0.25) is 4.79 Å². The highest BCUT2D eigenvalue weighted by molar-refractivity contribution is 6.33. The minimum Gasteiger partial charge on any atom is -0.384 e. The number of pyridine rings is 2. The standard InChI is InChI=1S/C17H12Cl2F3N9O/c18-10-3-8(5-25-15(10)31-26-1-2-27-31)29-16(32)9-6-28-30(14(9)17(20,21)22)12-4-13(23)24-7-11(12)19/h1,3-7,27H,2H2,(H2,23,24)(H,29,32). The van der Waals surface area contributed by atoms with Crippen LogP contribution in [-0.2, 0) is 6.18 Å². The van der Waals surface area contributed by atoms with Gasteiger partial charge >= 0.3 is 6.18 Å².